The summed E-state index contributed by atoms with van der Waals surface area (Å²) < 4.78 is 27.2. The van der Waals surface area contributed by atoms with Gasteiger partial charge >= 0.3 is 0 Å². The Hall–Kier alpha value is -1.41. The summed E-state index contributed by atoms with van der Waals surface area (Å²) >= 11 is 7.66. The van der Waals surface area contributed by atoms with E-state index in [9.17, 15) is 13.2 Å². The minimum atomic E-state index is -3.65. The number of carbonyl (C=O) groups excluding carboxylic acids is 1. The van der Waals surface area contributed by atoms with Crippen molar-refractivity contribution in [1.82, 2.24) is 9.62 Å². The molecule has 0 radical (unpaired) electrons. The van der Waals surface area contributed by atoms with Crippen molar-refractivity contribution in [3.8, 4) is 0 Å². The predicted molar refractivity (Wildman–Crippen MR) is 104 cm³/mol. The zero-order valence-electron chi connectivity index (χ0n) is 14.4. The number of halogens is 1. The topological polar surface area (TPSA) is 66.5 Å². The van der Waals surface area contributed by atoms with Crippen molar-refractivity contribution >= 4 is 38.9 Å². The molecule has 2 aromatic rings. The van der Waals surface area contributed by atoms with Crippen LogP contribution >= 0.6 is 22.9 Å². The van der Waals surface area contributed by atoms with Gasteiger partial charge in [0.15, 0.2) is 0 Å². The van der Waals surface area contributed by atoms with Gasteiger partial charge in [-0.05, 0) is 48.9 Å². The van der Waals surface area contributed by atoms with Gasteiger partial charge in [0.2, 0.25) is 15.9 Å². The molecule has 1 aliphatic rings. The molecule has 1 atom stereocenters. The fourth-order valence-corrected chi connectivity index (χ4v) is 5.43. The number of benzene rings is 1. The first-order chi connectivity index (χ1) is 12.4. The van der Waals surface area contributed by atoms with Crippen LogP contribution in [0.4, 0.5) is 0 Å². The number of hydrogen-bond donors (Lipinski definition) is 1. The summed E-state index contributed by atoms with van der Waals surface area (Å²) in [5.74, 6) is -0.431. The van der Waals surface area contributed by atoms with Crippen LogP contribution in [-0.4, -0.2) is 31.7 Å². The largest absolute Gasteiger partial charge is 0.351 e. The molecule has 8 heteroatoms. The summed E-state index contributed by atoms with van der Waals surface area (Å²) in [6.45, 7) is 2.92. The molecule has 26 heavy (non-hydrogen) atoms. The Morgan fingerprint density at radius 3 is 2.88 bits per heavy atom. The highest BCUT2D eigenvalue weighted by molar-refractivity contribution is 7.89. The van der Waals surface area contributed by atoms with Crippen molar-refractivity contribution in [3.05, 3.63) is 51.2 Å². The van der Waals surface area contributed by atoms with Crippen LogP contribution in [-0.2, 0) is 21.4 Å². The lowest BCUT2D eigenvalue weighted by Gasteiger charge is -2.31. The number of thiophene rings is 1. The predicted octanol–water partition coefficient (Wildman–Crippen LogP) is 3.43. The highest BCUT2D eigenvalue weighted by Crippen LogP contribution is 2.27. The summed E-state index contributed by atoms with van der Waals surface area (Å²) in [4.78, 5) is 13.7. The van der Waals surface area contributed by atoms with Gasteiger partial charge in [0.05, 0.1) is 17.4 Å². The lowest BCUT2D eigenvalue weighted by atomic mass is 9.99. The van der Waals surface area contributed by atoms with E-state index in [1.54, 1.807) is 23.5 Å². The minimum Gasteiger partial charge on any atom is -0.351 e. The number of nitrogens with zero attached hydrogens (tertiary/aromatic N) is 1. The van der Waals surface area contributed by atoms with E-state index in [0.717, 1.165) is 10.4 Å². The first kappa shape index (κ1) is 19.4. The molecule has 140 valence electrons. The van der Waals surface area contributed by atoms with Crippen molar-refractivity contribution in [2.75, 3.05) is 13.1 Å². The van der Waals surface area contributed by atoms with E-state index in [1.807, 2.05) is 24.4 Å². The highest BCUT2D eigenvalue weighted by Gasteiger charge is 2.33. The second-order valence-corrected chi connectivity index (χ2v) is 9.79. The molecule has 0 saturated carbocycles. The monoisotopic (exact) mass is 412 g/mol. The molecule has 2 heterocycles. The van der Waals surface area contributed by atoms with Gasteiger partial charge in [0.25, 0.3) is 0 Å². The van der Waals surface area contributed by atoms with Gasteiger partial charge < -0.3 is 5.32 Å². The maximum Gasteiger partial charge on any atom is 0.243 e. The van der Waals surface area contributed by atoms with Crippen molar-refractivity contribution < 1.29 is 13.2 Å². The van der Waals surface area contributed by atoms with Crippen LogP contribution in [0.25, 0.3) is 0 Å². The van der Waals surface area contributed by atoms with Gasteiger partial charge in [0, 0.05) is 23.0 Å². The summed E-state index contributed by atoms with van der Waals surface area (Å²) in [6, 6.07) is 8.64. The molecule has 1 saturated heterocycles. The van der Waals surface area contributed by atoms with E-state index in [4.69, 9.17) is 11.6 Å². The number of rotatable bonds is 5. The molecule has 1 fully saturated rings. The van der Waals surface area contributed by atoms with Crippen LogP contribution in [0.5, 0.6) is 0 Å². The van der Waals surface area contributed by atoms with Crippen LogP contribution in [0.2, 0.25) is 5.02 Å². The molecule has 0 aliphatic carbocycles. The molecule has 1 amide bonds. The van der Waals surface area contributed by atoms with Crippen LogP contribution in [0, 0.1) is 12.8 Å². The molecule has 3 rings (SSSR count). The average molecular weight is 413 g/mol. The highest BCUT2D eigenvalue weighted by atomic mass is 35.5. The van der Waals surface area contributed by atoms with E-state index < -0.39 is 10.0 Å². The Morgan fingerprint density at radius 1 is 1.38 bits per heavy atom. The van der Waals surface area contributed by atoms with E-state index in [2.05, 4.69) is 5.32 Å². The summed E-state index contributed by atoms with van der Waals surface area (Å²) in [7, 11) is -3.65. The quantitative estimate of drug-likeness (QED) is 0.818. The number of carbonyl (C=O) groups is 1. The molecule has 5 nitrogen and oxygen atoms in total. The zero-order chi connectivity index (χ0) is 18.7. The lowest BCUT2D eigenvalue weighted by molar-refractivity contribution is -0.126. The Balaban J connectivity index is 1.68. The maximum absolute atomic E-state index is 12.9. The maximum atomic E-state index is 12.9. The van der Waals surface area contributed by atoms with Gasteiger partial charge in [0.1, 0.15) is 0 Å². The SMILES string of the molecule is Cc1ccc(S(=O)(=O)N2CCC[C@@H](C(=O)NCc3cccs3)C2)cc1Cl. The van der Waals surface area contributed by atoms with Crippen molar-refractivity contribution in [3.63, 3.8) is 0 Å². The van der Waals surface area contributed by atoms with Gasteiger partial charge in [-0.3, -0.25) is 4.79 Å². The van der Waals surface area contributed by atoms with Crippen molar-refractivity contribution in [1.29, 1.82) is 0 Å². The smallest absolute Gasteiger partial charge is 0.243 e. The van der Waals surface area contributed by atoms with E-state index >= 15 is 0 Å². The summed E-state index contributed by atoms with van der Waals surface area (Å²) in [5, 5.41) is 5.30. The van der Waals surface area contributed by atoms with Crippen molar-refractivity contribution in [2.45, 2.75) is 31.2 Å². The van der Waals surface area contributed by atoms with Crippen LogP contribution < -0.4 is 5.32 Å². The third-order valence-corrected chi connectivity index (χ3v) is 7.70. The third-order valence-electron chi connectivity index (χ3n) is 4.55. The first-order valence-corrected chi connectivity index (χ1v) is 11.1. The molecule has 0 spiro atoms. The first-order valence-electron chi connectivity index (χ1n) is 8.44. The Kier molecular flexibility index (Phi) is 6.02. The normalized spacial score (nSPS) is 18.6. The second kappa shape index (κ2) is 8.08. The van der Waals surface area contributed by atoms with Gasteiger partial charge in [-0.2, -0.15) is 4.31 Å². The summed E-state index contributed by atoms with van der Waals surface area (Å²) in [6.07, 6.45) is 1.35. The van der Waals surface area contributed by atoms with Gasteiger partial charge in [-0.15, -0.1) is 11.3 Å². The molecular formula is C18H21ClN2O3S2. The molecule has 1 aromatic carbocycles. The van der Waals surface area contributed by atoms with E-state index in [0.29, 0.717) is 31.0 Å². The number of sulfonamides is 1. The molecule has 0 unspecified atom stereocenters. The zero-order valence-corrected chi connectivity index (χ0v) is 16.8. The van der Waals surface area contributed by atoms with E-state index in [1.165, 1.54) is 10.4 Å². The number of aryl methyl sites for hydroxylation is 1. The van der Waals surface area contributed by atoms with Gasteiger partial charge in [-0.1, -0.05) is 23.7 Å². The van der Waals surface area contributed by atoms with Crippen molar-refractivity contribution in [2.24, 2.45) is 5.92 Å². The number of piperidine rings is 1. The van der Waals surface area contributed by atoms with Crippen LogP contribution in [0.1, 0.15) is 23.3 Å². The molecular weight excluding hydrogens is 392 g/mol. The van der Waals surface area contributed by atoms with E-state index in [-0.39, 0.29) is 23.3 Å². The van der Waals surface area contributed by atoms with Crippen LogP contribution in [0.15, 0.2) is 40.6 Å². The number of nitrogens with one attached hydrogen (secondary N) is 1. The Morgan fingerprint density at radius 2 is 2.19 bits per heavy atom. The number of amides is 1. The fraction of sp³-hybridized carbons (Fsp3) is 0.389. The standard InChI is InChI=1S/C18H21ClN2O3S2/c1-13-6-7-16(10-17(13)19)26(23,24)21-8-2-4-14(12-21)18(22)20-11-15-5-3-9-25-15/h3,5-7,9-10,14H,2,4,8,11-12H2,1H3,(H,20,22)/t14-/m1/s1. The Labute approximate surface area is 163 Å². The Bertz CT molecular complexity index is 882. The lowest BCUT2D eigenvalue weighted by Crippen LogP contribution is -2.45. The molecule has 1 aromatic heterocycles. The molecule has 1 N–H and O–H groups in total. The average Bonchev–Trinajstić information content (AvgIpc) is 3.15. The fourth-order valence-electron chi connectivity index (χ4n) is 2.99. The van der Waals surface area contributed by atoms with Crippen LogP contribution in [0.3, 0.4) is 0 Å². The second-order valence-electron chi connectivity index (χ2n) is 6.41. The van der Waals surface area contributed by atoms with Gasteiger partial charge in [-0.25, -0.2) is 8.42 Å². The number of hydrogen-bond acceptors (Lipinski definition) is 4. The minimum absolute atomic E-state index is 0.0970. The molecule has 0 bridgehead atoms. The third kappa shape index (κ3) is 4.28. The molecule has 1 aliphatic heterocycles. The summed E-state index contributed by atoms with van der Waals surface area (Å²) in [5.41, 5.74) is 0.829.